The maximum Gasteiger partial charge on any atom is 0.0355 e. The first-order valence-corrected chi connectivity index (χ1v) is 8.19. The van der Waals surface area contributed by atoms with E-state index in [0.29, 0.717) is 12.1 Å². The van der Waals surface area contributed by atoms with Crippen molar-refractivity contribution in [3.05, 3.63) is 35.4 Å². The van der Waals surface area contributed by atoms with Crippen LogP contribution >= 0.6 is 0 Å². The Bertz CT molecular complexity index is 466. The van der Waals surface area contributed by atoms with E-state index in [9.17, 15) is 0 Å². The van der Waals surface area contributed by atoms with Gasteiger partial charge in [-0.25, -0.2) is 0 Å². The molecule has 0 spiro atoms. The van der Waals surface area contributed by atoms with Crippen LogP contribution in [0.1, 0.15) is 57.2 Å². The van der Waals surface area contributed by atoms with Crippen molar-refractivity contribution >= 4 is 0 Å². The smallest absolute Gasteiger partial charge is 0.0355 e. The van der Waals surface area contributed by atoms with Crippen molar-refractivity contribution < 1.29 is 0 Å². The molecular weight excluding hydrogens is 244 g/mol. The van der Waals surface area contributed by atoms with Gasteiger partial charge in [-0.05, 0) is 50.7 Å². The molecule has 20 heavy (non-hydrogen) atoms. The molecule has 3 rings (SSSR count). The molecule has 0 saturated carbocycles. The van der Waals surface area contributed by atoms with E-state index in [1.54, 1.807) is 11.1 Å². The lowest BCUT2D eigenvalue weighted by Crippen LogP contribution is -2.62. The van der Waals surface area contributed by atoms with Gasteiger partial charge in [0, 0.05) is 30.7 Å². The zero-order chi connectivity index (χ0) is 14.2. The molecule has 1 saturated heterocycles. The van der Waals surface area contributed by atoms with Crippen LogP contribution in [0.5, 0.6) is 0 Å². The van der Waals surface area contributed by atoms with E-state index in [-0.39, 0.29) is 5.54 Å². The van der Waals surface area contributed by atoms with Gasteiger partial charge in [0.1, 0.15) is 0 Å². The van der Waals surface area contributed by atoms with Crippen molar-refractivity contribution in [3.8, 4) is 0 Å². The molecule has 1 aliphatic carbocycles. The Morgan fingerprint density at radius 3 is 2.90 bits per heavy atom. The molecule has 1 N–H and O–H groups in total. The third-order valence-corrected chi connectivity index (χ3v) is 5.07. The monoisotopic (exact) mass is 272 g/mol. The van der Waals surface area contributed by atoms with Crippen LogP contribution in [-0.4, -0.2) is 29.6 Å². The van der Waals surface area contributed by atoms with E-state index < -0.39 is 0 Å². The molecule has 2 atom stereocenters. The summed E-state index contributed by atoms with van der Waals surface area (Å²) in [5, 5.41) is 3.71. The maximum absolute atomic E-state index is 3.71. The van der Waals surface area contributed by atoms with Crippen LogP contribution in [0.3, 0.4) is 0 Å². The lowest BCUT2D eigenvalue weighted by Gasteiger charge is -2.49. The van der Waals surface area contributed by atoms with Crippen LogP contribution in [0.15, 0.2) is 24.3 Å². The van der Waals surface area contributed by atoms with Crippen LogP contribution in [-0.2, 0) is 6.42 Å². The summed E-state index contributed by atoms with van der Waals surface area (Å²) in [6.07, 6.45) is 5.16. The second-order valence-electron chi connectivity index (χ2n) is 7.11. The Morgan fingerprint density at radius 1 is 1.30 bits per heavy atom. The summed E-state index contributed by atoms with van der Waals surface area (Å²) in [5.41, 5.74) is 3.41. The van der Waals surface area contributed by atoms with E-state index in [4.69, 9.17) is 0 Å². The summed E-state index contributed by atoms with van der Waals surface area (Å²) in [6, 6.07) is 10.4. The Kier molecular flexibility index (Phi) is 3.87. The number of fused-ring (bicyclic) bond motifs is 1. The highest BCUT2D eigenvalue weighted by molar-refractivity contribution is 5.32. The quantitative estimate of drug-likeness (QED) is 0.886. The number of piperazine rings is 1. The Morgan fingerprint density at radius 2 is 2.10 bits per heavy atom. The highest BCUT2D eigenvalue weighted by Gasteiger charge is 2.37. The van der Waals surface area contributed by atoms with Gasteiger partial charge in [-0.1, -0.05) is 31.2 Å². The zero-order valence-electron chi connectivity index (χ0n) is 13.2. The first kappa shape index (κ1) is 14.1. The minimum absolute atomic E-state index is 0.234. The van der Waals surface area contributed by atoms with Crippen molar-refractivity contribution in [2.24, 2.45) is 0 Å². The maximum atomic E-state index is 3.71. The fourth-order valence-electron chi connectivity index (χ4n) is 3.97. The molecule has 1 heterocycles. The zero-order valence-corrected chi connectivity index (χ0v) is 13.2. The lowest BCUT2D eigenvalue weighted by molar-refractivity contribution is 0.0440. The van der Waals surface area contributed by atoms with Crippen LogP contribution in [0.2, 0.25) is 0 Å². The highest BCUT2D eigenvalue weighted by atomic mass is 15.3. The third kappa shape index (κ3) is 2.64. The number of hydrogen-bond acceptors (Lipinski definition) is 2. The number of nitrogens with zero attached hydrogens (tertiary/aromatic N) is 1. The minimum Gasteiger partial charge on any atom is -0.309 e. The average molecular weight is 272 g/mol. The van der Waals surface area contributed by atoms with Crippen LogP contribution in [0, 0.1) is 0 Å². The molecule has 0 aromatic heterocycles. The summed E-state index contributed by atoms with van der Waals surface area (Å²) >= 11 is 0. The summed E-state index contributed by atoms with van der Waals surface area (Å²) < 4.78 is 0. The molecule has 2 heteroatoms. The van der Waals surface area contributed by atoms with Gasteiger partial charge in [0.05, 0.1) is 0 Å². The molecule has 110 valence electrons. The van der Waals surface area contributed by atoms with Gasteiger partial charge in [-0.3, -0.25) is 4.90 Å². The van der Waals surface area contributed by atoms with Gasteiger partial charge in [-0.2, -0.15) is 0 Å². The van der Waals surface area contributed by atoms with Crippen molar-refractivity contribution in [1.82, 2.24) is 10.2 Å². The molecule has 1 fully saturated rings. The molecule has 0 amide bonds. The molecule has 2 unspecified atom stereocenters. The van der Waals surface area contributed by atoms with E-state index in [1.807, 2.05) is 0 Å². The highest BCUT2D eigenvalue weighted by Crippen LogP contribution is 2.37. The largest absolute Gasteiger partial charge is 0.309 e. The fraction of sp³-hybridized carbons (Fsp3) is 0.667. The normalized spacial score (nSPS) is 29.9. The molecular formula is C18H28N2. The molecule has 2 aliphatic rings. The number of aryl methyl sites for hydroxylation is 1. The molecule has 1 aromatic rings. The van der Waals surface area contributed by atoms with Crippen molar-refractivity contribution in [3.63, 3.8) is 0 Å². The second-order valence-corrected chi connectivity index (χ2v) is 7.11. The van der Waals surface area contributed by atoms with Crippen LogP contribution < -0.4 is 5.32 Å². The predicted octanol–water partition coefficient (Wildman–Crippen LogP) is 3.53. The number of nitrogens with one attached hydrogen (secondary N) is 1. The van der Waals surface area contributed by atoms with Crippen molar-refractivity contribution in [2.45, 2.75) is 64.1 Å². The summed E-state index contributed by atoms with van der Waals surface area (Å²) in [4.78, 5) is 2.79. The van der Waals surface area contributed by atoms with Crippen LogP contribution in [0.25, 0.3) is 0 Å². The summed E-state index contributed by atoms with van der Waals surface area (Å²) in [7, 11) is 0. The molecule has 1 aliphatic heterocycles. The molecule has 0 bridgehead atoms. The third-order valence-electron chi connectivity index (χ3n) is 5.07. The van der Waals surface area contributed by atoms with Gasteiger partial charge in [-0.15, -0.1) is 0 Å². The average Bonchev–Trinajstić information content (AvgIpc) is 2.46. The van der Waals surface area contributed by atoms with Crippen molar-refractivity contribution in [1.29, 1.82) is 0 Å². The SMILES string of the molecule is CCC1CNC(C)(C)CN1C1CCCc2ccccc21. The first-order chi connectivity index (χ1) is 9.61. The second kappa shape index (κ2) is 5.50. The van der Waals surface area contributed by atoms with Crippen LogP contribution in [0.4, 0.5) is 0 Å². The Labute approximate surface area is 123 Å². The predicted molar refractivity (Wildman–Crippen MR) is 85.0 cm³/mol. The topological polar surface area (TPSA) is 15.3 Å². The van der Waals surface area contributed by atoms with Gasteiger partial charge in [0.25, 0.3) is 0 Å². The standard InChI is InChI=1S/C18H28N2/c1-4-15-12-19-18(2,3)13-20(15)17-11-7-9-14-8-5-6-10-16(14)17/h5-6,8,10,15,17,19H,4,7,9,11-13H2,1-3H3. The summed E-state index contributed by atoms with van der Waals surface area (Å²) in [6.45, 7) is 9.28. The molecule has 2 nitrogen and oxygen atoms in total. The van der Waals surface area contributed by atoms with Gasteiger partial charge < -0.3 is 5.32 Å². The van der Waals surface area contributed by atoms with E-state index in [2.05, 4.69) is 55.3 Å². The Hall–Kier alpha value is -0.860. The molecule has 0 radical (unpaired) electrons. The number of rotatable bonds is 2. The van der Waals surface area contributed by atoms with E-state index in [0.717, 1.165) is 13.1 Å². The molecule has 1 aromatic carbocycles. The van der Waals surface area contributed by atoms with Gasteiger partial charge >= 0.3 is 0 Å². The number of benzene rings is 1. The Balaban J connectivity index is 1.91. The fourth-order valence-corrected chi connectivity index (χ4v) is 3.97. The van der Waals surface area contributed by atoms with Gasteiger partial charge in [0.2, 0.25) is 0 Å². The number of hydrogen-bond donors (Lipinski definition) is 1. The van der Waals surface area contributed by atoms with E-state index >= 15 is 0 Å². The van der Waals surface area contributed by atoms with E-state index in [1.165, 1.54) is 25.7 Å². The first-order valence-electron chi connectivity index (χ1n) is 8.19. The minimum atomic E-state index is 0.234. The van der Waals surface area contributed by atoms with Crippen molar-refractivity contribution in [2.75, 3.05) is 13.1 Å². The lowest BCUT2D eigenvalue weighted by atomic mass is 9.84. The summed E-state index contributed by atoms with van der Waals surface area (Å²) in [5.74, 6) is 0. The van der Waals surface area contributed by atoms with Gasteiger partial charge in [0.15, 0.2) is 0 Å².